The van der Waals surface area contributed by atoms with Gasteiger partial charge in [0.1, 0.15) is 4.21 Å². The molecule has 0 unspecified atom stereocenters. The zero-order chi connectivity index (χ0) is 15.8. The lowest BCUT2D eigenvalue weighted by atomic mass is 9.93. The summed E-state index contributed by atoms with van der Waals surface area (Å²) in [5, 5.41) is 10.9. The Morgan fingerprint density at radius 1 is 1.52 bits per heavy atom. The van der Waals surface area contributed by atoms with E-state index in [0.717, 1.165) is 30.2 Å². The molecule has 118 valence electrons. The predicted molar refractivity (Wildman–Crippen MR) is 80.5 cm³/mol. The van der Waals surface area contributed by atoms with Crippen molar-refractivity contribution in [3.8, 4) is 0 Å². The second kappa shape index (κ2) is 5.52. The average Bonchev–Trinajstić information content (AvgIpc) is 3.07. The summed E-state index contributed by atoms with van der Waals surface area (Å²) in [5.74, 6) is 5.57. The first-order chi connectivity index (χ1) is 9.72. The summed E-state index contributed by atoms with van der Waals surface area (Å²) < 4.78 is 26.9. The van der Waals surface area contributed by atoms with Crippen LogP contribution in [0.2, 0.25) is 0 Å². The molecule has 1 fully saturated rings. The topological polar surface area (TPSA) is 127 Å². The summed E-state index contributed by atoms with van der Waals surface area (Å²) in [6, 6.07) is 1.02. The van der Waals surface area contributed by atoms with Gasteiger partial charge in [-0.3, -0.25) is 10.1 Å². The number of thiophene rings is 1. The molecule has 0 bridgehead atoms. The van der Waals surface area contributed by atoms with Gasteiger partial charge in [-0.1, -0.05) is 25.2 Å². The van der Waals surface area contributed by atoms with Crippen molar-refractivity contribution >= 4 is 32.0 Å². The number of nitrogens with one attached hydrogen (secondary N) is 2. The Labute approximate surface area is 126 Å². The van der Waals surface area contributed by atoms with Gasteiger partial charge in [0.05, 0.1) is 4.92 Å². The van der Waals surface area contributed by atoms with Crippen LogP contribution in [0.3, 0.4) is 0 Å². The molecule has 1 heterocycles. The van der Waals surface area contributed by atoms with E-state index < -0.39 is 14.9 Å². The number of nitrogens with zero attached hydrogens (tertiary/aromatic N) is 1. The molecule has 1 saturated carbocycles. The fourth-order valence-electron chi connectivity index (χ4n) is 2.16. The third-order valence-corrected chi connectivity index (χ3v) is 6.94. The van der Waals surface area contributed by atoms with E-state index in [4.69, 9.17) is 5.84 Å². The van der Waals surface area contributed by atoms with Crippen molar-refractivity contribution in [1.82, 2.24) is 4.72 Å². The van der Waals surface area contributed by atoms with Crippen LogP contribution in [-0.2, 0) is 10.0 Å². The van der Waals surface area contributed by atoms with Crippen molar-refractivity contribution in [2.75, 3.05) is 12.0 Å². The summed E-state index contributed by atoms with van der Waals surface area (Å²) in [6.07, 6.45) is 1.99. The third-order valence-electron chi connectivity index (χ3n) is 4.01. The van der Waals surface area contributed by atoms with Gasteiger partial charge in [0.2, 0.25) is 10.0 Å². The number of nitrogen functional groups attached to an aromatic ring is 1. The average molecular weight is 334 g/mol. The minimum atomic E-state index is -3.76. The first-order valence-electron chi connectivity index (χ1n) is 6.46. The first kappa shape index (κ1) is 16.1. The molecule has 1 aliphatic carbocycles. The smallest absolute Gasteiger partial charge is 0.306 e. The molecular weight excluding hydrogens is 316 g/mol. The van der Waals surface area contributed by atoms with Crippen LogP contribution < -0.4 is 16.0 Å². The summed E-state index contributed by atoms with van der Waals surface area (Å²) >= 11 is 0.746. The van der Waals surface area contributed by atoms with Gasteiger partial charge in [0.15, 0.2) is 5.00 Å². The molecule has 21 heavy (non-hydrogen) atoms. The molecule has 4 N–H and O–H groups in total. The Bertz CT molecular complexity index is 649. The fourth-order valence-corrected chi connectivity index (χ4v) is 4.58. The number of rotatable bonds is 7. The maximum Gasteiger partial charge on any atom is 0.306 e. The number of hydrazine groups is 1. The largest absolute Gasteiger partial charge is 0.310 e. The van der Waals surface area contributed by atoms with Crippen molar-refractivity contribution in [3.05, 3.63) is 16.2 Å². The van der Waals surface area contributed by atoms with E-state index in [1.165, 1.54) is 0 Å². The maximum absolute atomic E-state index is 12.2. The van der Waals surface area contributed by atoms with E-state index in [1.807, 2.05) is 0 Å². The van der Waals surface area contributed by atoms with Gasteiger partial charge in [-0.25, -0.2) is 19.0 Å². The summed E-state index contributed by atoms with van der Waals surface area (Å²) in [7, 11) is -3.76. The van der Waals surface area contributed by atoms with Crippen LogP contribution in [0.25, 0.3) is 0 Å². The zero-order valence-electron chi connectivity index (χ0n) is 11.8. The van der Waals surface area contributed by atoms with E-state index in [9.17, 15) is 18.5 Å². The molecule has 0 saturated heterocycles. The molecule has 0 aliphatic heterocycles. The van der Waals surface area contributed by atoms with Crippen molar-refractivity contribution in [1.29, 1.82) is 0 Å². The van der Waals surface area contributed by atoms with Crippen molar-refractivity contribution < 1.29 is 13.3 Å². The standard InChI is InChI=1S/C11H18N4O4S2/c1-7(2)11(3-4-11)6-13-21(18,19)9-5-8(15(16)17)10(14-12)20-9/h5,7,13-14H,3-4,6,12H2,1-2H3. The van der Waals surface area contributed by atoms with Crippen molar-refractivity contribution in [3.63, 3.8) is 0 Å². The van der Waals surface area contributed by atoms with E-state index in [0.29, 0.717) is 12.5 Å². The molecule has 0 spiro atoms. The number of hydrogen-bond acceptors (Lipinski definition) is 7. The first-order valence-corrected chi connectivity index (χ1v) is 8.76. The molecule has 1 aromatic rings. The Kier molecular flexibility index (Phi) is 4.24. The minimum Gasteiger partial charge on any atom is -0.310 e. The van der Waals surface area contributed by atoms with Crippen LogP contribution in [0.1, 0.15) is 26.7 Å². The summed E-state index contributed by atoms with van der Waals surface area (Å²) in [5.41, 5.74) is 1.84. The van der Waals surface area contributed by atoms with E-state index in [1.54, 1.807) is 0 Å². The number of nitro groups is 1. The van der Waals surface area contributed by atoms with Crippen LogP contribution in [0.15, 0.2) is 10.3 Å². The highest BCUT2D eigenvalue weighted by Crippen LogP contribution is 2.51. The molecule has 10 heteroatoms. The Balaban J connectivity index is 2.18. The monoisotopic (exact) mass is 334 g/mol. The van der Waals surface area contributed by atoms with Crippen LogP contribution in [0.4, 0.5) is 10.7 Å². The predicted octanol–water partition coefficient (Wildman–Crippen LogP) is 1.66. The minimum absolute atomic E-state index is 0.0189. The van der Waals surface area contributed by atoms with Crippen molar-refractivity contribution in [2.24, 2.45) is 17.2 Å². The van der Waals surface area contributed by atoms with Gasteiger partial charge in [-0.15, -0.1) is 0 Å². The van der Waals surface area contributed by atoms with Gasteiger partial charge >= 0.3 is 5.69 Å². The number of nitrogens with two attached hydrogens (primary N) is 1. The van der Waals surface area contributed by atoms with Crippen LogP contribution >= 0.6 is 11.3 Å². The molecule has 8 nitrogen and oxygen atoms in total. The third kappa shape index (κ3) is 3.18. The van der Waals surface area contributed by atoms with Gasteiger partial charge in [0.25, 0.3) is 0 Å². The molecule has 0 atom stereocenters. The summed E-state index contributed by atoms with van der Waals surface area (Å²) in [4.78, 5) is 10.2. The van der Waals surface area contributed by atoms with Gasteiger partial charge in [-0.05, 0) is 24.2 Å². The molecular formula is C11H18N4O4S2. The fraction of sp³-hybridized carbons (Fsp3) is 0.636. The van der Waals surface area contributed by atoms with E-state index in [-0.39, 0.29) is 20.3 Å². The van der Waals surface area contributed by atoms with Gasteiger partial charge < -0.3 is 5.43 Å². The Hall–Kier alpha value is -1.23. The lowest BCUT2D eigenvalue weighted by Gasteiger charge is -2.19. The van der Waals surface area contributed by atoms with Crippen LogP contribution in [0.5, 0.6) is 0 Å². The lowest BCUT2D eigenvalue weighted by Crippen LogP contribution is -2.32. The normalized spacial score (nSPS) is 17.0. The molecule has 1 aliphatic rings. The highest BCUT2D eigenvalue weighted by Gasteiger charge is 2.45. The molecule has 1 aromatic heterocycles. The highest BCUT2D eigenvalue weighted by molar-refractivity contribution is 7.91. The molecule has 0 amide bonds. The highest BCUT2D eigenvalue weighted by atomic mass is 32.2. The van der Waals surface area contributed by atoms with Crippen LogP contribution in [0, 0.1) is 21.4 Å². The zero-order valence-corrected chi connectivity index (χ0v) is 13.4. The van der Waals surface area contributed by atoms with E-state index >= 15 is 0 Å². The summed E-state index contributed by atoms with van der Waals surface area (Å²) in [6.45, 7) is 4.48. The van der Waals surface area contributed by atoms with E-state index in [2.05, 4.69) is 24.0 Å². The second-order valence-electron chi connectivity index (χ2n) is 5.52. The Morgan fingerprint density at radius 2 is 2.14 bits per heavy atom. The van der Waals surface area contributed by atoms with Gasteiger partial charge in [-0.2, -0.15) is 0 Å². The van der Waals surface area contributed by atoms with Gasteiger partial charge in [0, 0.05) is 12.6 Å². The molecule has 2 rings (SSSR count). The van der Waals surface area contributed by atoms with Crippen molar-refractivity contribution in [2.45, 2.75) is 30.9 Å². The number of hydrogen-bond donors (Lipinski definition) is 3. The molecule has 0 aromatic carbocycles. The quantitative estimate of drug-likeness (QED) is 0.395. The number of sulfonamides is 1. The van der Waals surface area contributed by atoms with Crippen LogP contribution in [-0.4, -0.2) is 19.9 Å². The lowest BCUT2D eigenvalue weighted by molar-refractivity contribution is -0.383. The maximum atomic E-state index is 12.2. The second-order valence-corrected chi connectivity index (χ2v) is 8.57. The SMILES string of the molecule is CC(C)C1(CNS(=O)(=O)c2cc([N+](=O)[O-])c(NN)s2)CC1. The Morgan fingerprint density at radius 3 is 2.52 bits per heavy atom. The number of anilines is 1. The molecule has 0 radical (unpaired) electrons.